The van der Waals surface area contributed by atoms with Gasteiger partial charge in [-0.3, -0.25) is 9.69 Å². The molecule has 2 aromatic rings. The maximum absolute atomic E-state index is 13.1. The van der Waals surface area contributed by atoms with E-state index >= 15 is 0 Å². The number of benzene rings is 1. The van der Waals surface area contributed by atoms with Crippen molar-refractivity contribution in [2.24, 2.45) is 0 Å². The summed E-state index contributed by atoms with van der Waals surface area (Å²) < 4.78 is 44.1. The van der Waals surface area contributed by atoms with Crippen LogP contribution in [0.3, 0.4) is 0 Å². The number of nitrogens with zero attached hydrogens (tertiary/aromatic N) is 2. The smallest absolute Gasteiger partial charge is 0.243 e. The zero-order valence-electron chi connectivity index (χ0n) is 17.5. The Balaban J connectivity index is 1.32. The molecule has 2 aliphatic rings. The highest BCUT2D eigenvalue weighted by Crippen LogP contribution is 2.33. The number of sulfonamides is 1. The van der Waals surface area contributed by atoms with E-state index in [1.54, 1.807) is 24.5 Å². The molecule has 0 aliphatic carbocycles. The molecule has 1 atom stereocenters. The lowest BCUT2D eigenvalue weighted by Gasteiger charge is -2.33. The molecule has 2 aliphatic heterocycles. The van der Waals surface area contributed by atoms with Crippen molar-refractivity contribution in [2.75, 3.05) is 45.9 Å². The fourth-order valence-electron chi connectivity index (χ4n) is 3.68. The molecule has 1 aromatic heterocycles. The quantitative estimate of drug-likeness (QED) is 0.715. The van der Waals surface area contributed by atoms with Crippen molar-refractivity contribution >= 4 is 15.9 Å². The van der Waals surface area contributed by atoms with Gasteiger partial charge in [-0.25, -0.2) is 8.42 Å². The van der Waals surface area contributed by atoms with Crippen LogP contribution in [-0.4, -0.2) is 69.5 Å². The Morgan fingerprint density at radius 1 is 1.10 bits per heavy atom. The number of amides is 1. The van der Waals surface area contributed by atoms with Gasteiger partial charge in [-0.1, -0.05) is 0 Å². The van der Waals surface area contributed by atoms with Gasteiger partial charge >= 0.3 is 0 Å². The van der Waals surface area contributed by atoms with Crippen molar-refractivity contribution < 1.29 is 27.1 Å². The minimum Gasteiger partial charge on any atom is -0.490 e. The zero-order chi connectivity index (χ0) is 21.8. The van der Waals surface area contributed by atoms with Gasteiger partial charge in [0.25, 0.3) is 0 Å². The van der Waals surface area contributed by atoms with Crippen LogP contribution in [0.4, 0.5) is 0 Å². The predicted octanol–water partition coefficient (Wildman–Crippen LogP) is 1.62. The Labute approximate surface area is 182 Å². The minimum atomic E-state index is -3.65. The summed E-state index contributed by atoms with van der Waals surface area (Å²) in [6.45, 7) is 4.71. The van der Waals surface area contributed by atoms with E-state index in [1.807, 2.05) is 17.9 Å². The van der Waals surface area contributed by atoms with Gasteiger partial charge in [-0.15, -0.1) is 0 Å². The van der Waals surface area contributed by atoms with Crippen LogP contribution >= 0.6 is 0 Å². The largest absolute Gasteiger partial charge is 0.490 e. The topological polar surface area (TPSA) is 101 Å². The average Bonchev–Trinajstić information content (AvgIpc) is 3.19. The molecule has 0 radical (unpaired) electrons. The number of rotatable bonds is 6. The Hall–Kier alpha value is -2.56. The van der Waals surface area contributed by atoms with Gasteiger partial charge in [0.2, 0.25) is 15.9 Å². The molecule has 1 N–H and O–H groups in total. The highest BCUT2D eigenvalue weighted by atomic mass is 32.2. The molecule has 9 nitrogen and oxygen atoms in total. The maximum Gasteiger partial charge on any atom is 0.243 e. The van der Waals surface area contributed by atoms with Crippen LogP contribution in [0.1, 0.15) is 25.1 Å². The van der Waals surface area contributed by atoms with E-state index in [-0.39, 0.29) is 23.4 Å². The van der Waals surface area contributed by atoms with Crippen molar-refractivity contribution in [2.45, 2.75) is 24.3 Å². The third-order valence-electron chi connectivity index (χ3n) is 5.40. The van der Waals surface area contributed by atoms with E-state index in [2.05, 4.69) is 5.32 Å². The molecule has 168 valence electrons. The van der Waals surface area contributed by atoms with E-state index in [4.69, 9.17) is 13.9 Å². The monoisotopic (exact) mass is 449 g/mol. The molecule has 1 amide bonds. The fraction of sp³-hybridized carbons (Fsp3) is 0.476. The lowest BCUT2D eigenvalue weighted by molar-refractivity contribution is -0.123. The molecular weight excluding hydrogens is 422 g/mol. The van der Waals surface area contributed by atoms with Gasteiger partial charge < -0.3 is 19.2 Å². The van der Waals surface area contributed by atoms with Gasteiger partial charge in [-0.2, -0.15) is 4.31 Å². The van der Waals surface area contributed by atoms with Gasteiger partial charge in [0, 0.05) is 38.7 Å². The van der Waals surface area contributed by atoms with E-state index in [9.17, 15) is 13.2 Å². The molecule has 1 saturated heterocycles. The summed E-state index contributed by atoms with van der Waals surface area (Å²) >= 11 is 0. The van der Waals surface area contributed by atoms with E-state index in [1.165, 1.54) is 10.4 Å². The summed E-state index contributed by atoms with van der Waals surface area (Å²) in [5.74, 6) is 1.60. The van der Waals surface area contributed by atoms with Crippen molar-refractivity contribution in [3.05, 3.63) is 42.4 Å². The minimum absolute atomic E-state index is 0.122. The summed E-state index contributed by atoms with van der Waals surface area (Å²) in [5.41, 5.74) is 0. The highest BCUT2D eigenvalue weighted by Gasteiger charge is 2.30. The first kappa shape index (κ1) is 21.7. The van der Waals surface area contributed by atoms with Crippen molar-refractivity contribution in [3.63, 3.8) is 0 Å². The predicted molar refractivity (Wildman–Crippen MR) is 113 cm³/mol. The number of furan rings is 1. The van der Waals surface area contributed by atoms with Crippen molar-refractivity contribution in [1.29, 1.82) is 0 Å². The van der Waals surface area contributed by atoms with Crippen LogP contribution in [0.25, 0.3) is 0 Å². The van der Waals surface area contributed by atoms with E-state index in [0.717, 1.165) is 6.42 Å². The van der Waals surface area contributed by atoms with Crippen LogP contribution in [-0.2, 0) is 14.8 Å². The molecule has 1 aromatic carbocycles. The summed E-state index contributed by atoms with van der Waals surface area (Å²) in [5, 5.41) is 2.90. The summed E-state index contributed by atoms with van der Waals surface area (Å²) in [4.78, 5) is 14.5. The standard InChI is InChI=1S/C21H27N3O6S/c1-16(18-4-2-11-28-18)22-21(25)15-23-7-9-24(10-8-23)31(26,27)17-5-6-19-20(14-17)30-13-3-12-29-19/h2,4-6,11,14,16H,3,7-10,12-13,15H2,1H3,(H,22,25). The fourth-order valence-corrected chi connectivity index (χ4v) is 5.12. The van der Waals surface area contributed by atoms with Crippen LogP contribution in [0, 0.1) is 0 Å². The SMILES string of the molecule is CC(NC(=O)CN1CCN(S(=O)(=O)c2ccc3c(c2)OCCCO3)CC1)c1ccco1. The highest BCUT2D eigenvalue weighted by molar-refractivity contribution is 7.89. The molecule has 4 rings (SSSR count). The molecule has 31 heavy (non-hydrogen) atoms. The number of piperazine rings is 1. The second-order valence-electron chi connectivity index (χ2n) is 7.64. The first-order valence-electron chi connectivity index (χ1n) is 10.4. The number of fused-ring (bicyclic) bond motifs is 1. The summed E-state index contributed by atoms with van der Waals surface area (Å²) in [7, 11) is -3.65. The van der Waals surface area contributed by atoms with Gasteiger partial charge in [0.15, 0.2) is 11.5 Å². The van der Waals surface area contributed by atoms with E-state index in [0.29, 0.717) is 56.7 Å². The molecule has 0 bridgehead atoms. The molecule has 1 fully saturated rings. The lowest BCUT2D eigenvalue weighted by atomic mass is 10.2. The first-order valence-corrected chi connectivity index (χ1v) is 11.8. The summed E-state index contributed by atoms with van der Waals surface area (Å²) in [6, 6.07) is 8.11. The maximum atomic E-state index is 13.1. The second-order valence-corrected chi connectivity index (χ2v) is 9.58. The van der Waals surface area contributed by atoms with Crippen molar-refractivity contribution in [1.82, 2.24) is 14.5 Å². The number of ether oxygens (including phenoxy) is 2. The van der Waals surface area contributed by atoms with Crippen LogP contribution in [0.15, 0.2) is 45.9 Å². The molecule has 0 spiro atoms. The Morgan fingerprint density at radius 3 is 2.55 bits per heavy atom. The lowest BCUT2D eigenvalue weighted by Crippen LogP contribution is -2.51. The van der Waals surface area contributed by atoms with Crippen molar-refractivity contribution in [3.8, 4) is 11.5 Å². The molecule has 3 heterocycles. The normalized spacial score (nSPS) is 18.9. The first-order chi connectivity index (χ1) is 14.9. The third kappa shape index (κ3) is 5.03. The van der Waals surface area contributed by atoms with E-state index < -0.39 is 10.0 Å². The number of carbonyl (C=O) groups is 1. The summed E-state index contributed by atoms with van der Waals surface area (Å²) in [6.07, 6.45) is 2.33. The molecule has 0 saturated carbocycles. The van der Waals surface area contributed by atoms with Gasteiger partial charge in [0.05, 0.1) is 37.0 Å². The molecular formula is C21H27N3O6S. The Morgan fingerprint density at radius 2 is 1.84 bits per heavy atom. The average molecular weight is 450 g/mol. The molecule has 10 heteroatoms. The number of hydrogen-bond acceptors (Lipinski definition) is 7. The number of nitrogens with one attached hydrogen (secondary N) is 1. The third-order valence-corrected chi connectivity index (χ3v) is 7.30. The number of carbonyl (C=O) groups excluding carboxylic acids is 1. The zero-order valence-corrected chi connectivity index (χ0v) is 18.3. The van der Waals surface area contributed by atoms with Crippen LogP contribution in [0.2, 0.25) is 0 Å². The second kappa shape index (κ2) is 9.29. The van der Waals surface area contributed by atoms with Gasteiger partial charge in [-0.05, 0) is 31.2 Å². The van der Waals surface area contributed by atoms with Crippen LogP contribution in [0.5, 0.6) is 11.5 Å². The Bertz CT molecular complexity index is 1000. The number of hydrogen-bond donors (Lipinski definition) is 1. The van der Waals surface area contributed by atoms with Gasteiger partial charge in [0.1, 0.15) is 5.76 Å². The van der Waals surface area contributed by atoms with Crippen LogP contribution < -0.4 is 14.8 Å². The Kier molecular flexibility index (Phi) is 6.49. The molecule has 1 unspecified atom stereocenters.